The van der Waals surface area contributed by atoms with E-state index >= 15 is 0 Å². The maximum atomic E-state index is 12.7. The van der Waals surface area contributed by atoms with Crippen molar-refractivity contribution in [1.82, 2.24) is 14.5 Å². The Kier molecular flexibility index (Phi) is 6.88. The van der Waals surface area contributed by atoms with Crippen LogP contribution in [0, 0.1) is 5.92 Å². The van der Waals surface area contributed by atoms with Crippen molar-refractivity contribution in [3.8, 4) is 0 Å². The summed E-state index contributed by atoms with van der Waals surface area (Å²) in [6.45, 7) is 15.2. The molecule has 0 saturated carbocycles. The molecular weight excluding hydrogens is 346 g/mol. The quantitative estimate of drug-likeness (QED) is 0.823. The normalized spacial score (nSPS) is 19.0. The van der Waals surface area contributed by atoms with E-state index in [0.29, 0.717) is 17.4 Å². The van der Waals surface area contributed by atoms with E-state index in [1.54, 1.807) is 12.1 Å². The molecule has 1 unspecified atom stereocenters. The third-order valence-electron chi connectivity index (χ3n) is 5.29. The lowest BCUT2D eigenvalue weighted by Gasteiger charge is -2.39. The van der Waals surface area contributed by atoms with Gasteiger partial charge < -0.3 is 4.90 Å². The molecule has 26 heavy (non-hydrogen) atoms. The molecule has 0 aromatic heterocycles. The minimum atomic E-state index is -3.49. The van der Waals surface area contributed by atoms with Crippen molar-refractivity contribution in [2.24, 2.45) is 5.92 Å². The smallest absolute Gasteiger partial charge is 0.240 e. The molecule has 0 spiro atoms. The highest BCUT2D eigenvalue weighted by Crippen LogP contribution is 2.23. The Morgan fingerprint density at radius 1 is 1.04 bits per heavy atom. The molecule has 0 bridgehead atoms. The number of sulfonamides is 1. The Hall–Kier alpha value is -0.950. The van der Waals surface area contributed by atoms with Gasteiger partial charge in [-0.1, -0.05) is 46.8 Å². The Morgan fingerprint density at radius 3 is 2.04 bits per heavy atom. The van der Waals surface area contributed by atoms with Crippen molar-refractivity contribution in [3.05, 3.63) is 29.8 Å². The van der Waals surface area contributed by atoms with Crippen LogP contribution in [0.15, 0.2) is 29.2 Å². The second-order valence-electron chi connectivity index (χ2n) is 8.78. The second kappa shape index (κ2) is 8.38. The van der Waals surface area contributed by atoms with Crippen molar-refractivity contribution in [2.45, 2.75) is 51.0 Å². The first-order valence-electron chi connectivity index (χ1n) is 9.53. The highest BCUT2D eigenvalue weighted by atomic mass is 32.2. The van der Waals surface area contributed by atoms with Gasteiger partial charge in [0, 0.05) is 38.8 Å². The number of benzene rings is 1. The molecule has 148 valence electrons. The monoisotopic (exact) mass is 381 g/mol. The third-order valence-corrected chi connectivity index (χ3v) is 6.73. The van der Waals surface area contributed by atoms with Crippen LogP contribution in [-0.2, 0) is 15.4 Å². The molecule has 1 heterocycles. The van der Waals surface area contributed by atoms with Gasteiger partial charge in [-0.25, -0.2) is 13.1 Å². The van der Waals surface area contributed by atoms with E-state index in [0.717, 1.165) is 31.7 Å². The zero-order valence-electron chi connectivity index (χ0n) is 17.1. The van der Waals surface area contributed by atoms with Gasteiger partial charge in [0.15, 0.2) is 0 Å². The summed E-state index contributed by atoms with van der Waals surface area (Å²) in [7, 11) is -1.36. The third kappa shape index (κ3) is 5.52. The summed E-state index contributed by atoms with van der Waals surface area (Å²) in [5, 5.41) is 0. The molecule has 1 atom stereocenters. The highest BCUT2D eigenvalue weighted by molar-refractivity contribution is 7.89. The molecule has 6 heteroatoms. The maximum Gasteiger partial charge on any atom is 0.240 e. The molecule has 0 aliphatic carbocycles. The Labute approximate surface area is 159 Å². The summed E-state index contributed by atoms with van der Waals surface area (Å²) in [6, 6.07) is 7.46. The van der Waals surface area contributed by atoms with Crippen LogP contribution in [0.2, 0.25) is 0 Å². The zero-order valence-corrected chi connectivity index (χ0v) is 17.9. The van der Waals surface area contributed by atoms with Gasteiger partial charge >= 0.3 is 0 Å². The van der Waals surface area contributed by atoms with E-state index in [2.05, 4.69) is 56.2 Å². The molecule has 1 N–H and O–H groups in total. The summed E-state index contributed by atoms with van der Waals surface area (Å²) in [5.74, 6) is 0.393. The van der Waals surface area contributed by atoms with Crippen molar-refractivity contribution >= 4 is 10.0 Å². The number of hydrogen-bond acceptors (Lipinski definition) is 4. The lowest BCUT2D eigenvalue weighted by molar-refractivity contribution is 0.0905. The van der Waals surface area contributed by atoms with Crippen molar-refractivity contribution in [2.75, 3.05) is 39.8 Å². The average Bonchev–Trinajstić information content (AvgIpc) is 2.55. The predicted octanol–water partition coefficient (Wildman–Crippen LogP) is 2.53. The number of hydrogen-bond donors (Lipinski definition) is 1. The number of nitrogens with zero attached hydrogens (tertiary/aromatic N) is 2. The van der Waals surface area contributed by atoms with Crippen molar-refractivity contribution < 1.29 is 8.42 Å². The standard InChI is InChI=1S/C20H35N3O2S/c1-16(2)19(23-13-11-22(6)12-14-23)15-21-26(24,25)18-9-7-17(8-10-18)20(3,4)5/h7-10,16,19,21H,11-15H2,1-6H3. The molecule has 2 rings (SSSR count). The van der Waals surface area contributed by atoms with E-state index in [4.69, 9.17) is 0 Å². The molecule has 0 amide bonds. The first-order valence-corrected chi connectivity index (χ1v) is 11.0. The SMILES string of the molecule is CC(C)C(CNS(=O)(=O)c1ccc(C(C)(C)C)cc1)N1CCN(C)CC1. The van der Waals surface area contributed by atoms with E-state index in [1.807, 2.05) is 12.1 Å². The van der Waals surface area contributed by atoms with Crippen LogP contribution >= 0.6 is 0 Å². The van der Waals surface area contributed by atoms with Gasteiger partial charge in [-0.05, 0) is 36.1 Å². The topological polar surface area (TPSA) is 52.7 Å². The van der Waals surface area contributed by atoms with Gasteiger partial charge in [-0.2, -0.15) is 0 Å². The minimum absolute atomic E-state index is 0.0138. The molecule has 1 aliphatic heterocycles. The Balaban J connectivity index is 2.05. The van der Waals surface area contributed by atoms with Gasteiger partial charge in [0.05, 0.1) is 4.90 Å². The largest absolute Gasteiger partial charge is 0.304 e. The maximum absolute atomic E-state index is 12.7. The fourth-order valence-electron chi connectivity index (χ4n) is 3.35. The van der Waals surface area contributed by atoms with Gasteiger partial charge in [-0.15, -0.1) is 0 Å². The van der Waals surface area contributed by atoms with E-state index in [9.17, 15) is 8.42 Å². The van der Waals surface area contributed by atoms with Crippen LogP contribution in [0.25, 0.3) is 0 Å². The van der Waals surface area contributed by atoms with Crippen LogP contribution in [0.4, 0.5) is 0 Å². The second-order valence-corrected chi connectivity index (χ2v) is 10.5. The summed E-state index contributed by atoms with van der Waals surface area (Å²) >= 11 is 0. The fraction of sp³-hybridized carbons (Fsp3) is 0.700. The van der Waals surface area contributed by atoms with Crippen LogP contribution in [0.1, 0.15) is 40.2 Å². The van der Waals surface area contributed by atoms with Crippen LogP contribution in [0.3, 0.4) is 0 Å². The van der Waals surface area contributed by atoms with Gasteiger partial charge in [0.1, 0.15) is 0 Å². The lowest BCUT2D eigenvalue weighted by atomic mass is 9.87. The zero-order chi connectivity index (χ0) is 19.5. The Bertz CT molecular complexity index is 670. The molecule has 5 nitrogen and oxygen atoms in total. The van der Waals surface area contributed by atoms with Crippen LogP contribution in [-0.4, -0.2) is 64.0 Å². The summed E-state index contributed by atoms with van der Waals surface area (Å²) < 4.78 is 28.3. The predicted molar refractivity (Wildman–Crippen MR) is 108 cm³/mol. The first kappa shape index (κ1) is 21.4. The van der Waals surface area contributed by atoms with Crippen LogP contribution < -0.4 is 4.72 Å². The molecule has 1 aromatic carbocycles. The number of rotatable bonds is 6. The van der Waals surface area contributed by atoms with Crippen molar-refractivity contribution in [3.63, 3.8) is 0 Å². The molecular formula is C20H35N3O2S. The van der Waals surface area contributed by atoms with E-state index in [-0.39, 0.29) is 11.5 Å². The number of nitrogens with one attached hydrogen (secondary N) is 1. The summed E-state index contributed by atoms with van der Waals surface area (Å²) in [5.41, 5.74) is 1.15. The molecule has 1 aromatic rings. The minimum Gasteiger partial charge on any atom is -0.304 e. The fourth-order valence-corrected chi connectivity index (χ4v) is 4.40. The lowest BCUT2D eigenvalue weighted by Crippen LogP contribution is -2.54. The molecule has 1 fully saturated rings. The summed E-state index contributed by atoms with van der Waals surface area (Å²) in [6.07, 6.45) is 0. The summed E-state index contributed by atoms with van der Waals surface area (Å²) in [4.78, 5) is 5.07. The highest BCUT2D eigenvalue weighted by Gasteiger charge is 2.27. The van der Waals surface area contributed by atoms with Gasteiger partial charge in [-0.3, -0.25) is 4.90 Å². The molecule has 1 aliphatic rings. The van der Waals surface area contributed by atoms with E-state index < -0.39 is 10.0 Å². The molecule has 0 radical (unpaired) electrons. The first-order chi connectivity index (χ1) is 12.0. The van der Waals surface area contributed by atoms with Crippen LogP contribution in [0.5, 0.6) is 0 Å². The van der Waals surface area contributed by atoms with Gasteiger partial charge in [0.25, 0.3) is 0 Å². The molecule has 1 saturated heterocycles. The van der Waals surface area contributed by atoms with Crippen molar-refractivity contribution in [1.29, 1.82) is 0 Å². The Morgan fingerprint density at radius 2 is 1.58 bits per heavy atom. The number of likely N-dealkylation sites (N-methyl/N-ethyl adjacent to an activating group) is 1. The average molecular weight is 382 g/mol. The van der Waals surface area contributed by atoms with Gasteiger partial charge in [0.2, 0.25) is 10.0 Å². The number of piperazine rings is 1. The van der Waals surface area contributed by atoms with E-state index in [1.165, 1.54) is 0 Å².